The van der Waals surface area contributed by atoms with E-state index in [1.807, 2.05) is 0 Å². The number of nitrogens with zero attached hydrogens (tertiary/aromatic N) is 2. The predicted octanol–water partition coefficient (Wildman–Crippen LogP) is 3.79. The van der Waals surface area contributed by atoms with Gasteiger partial charge in [0, 0.05) is 21.9 Å². The molecule has 27 heavy (non-hydrogen) atoms. The van der Waals surface area contributed by atoms with Crippen LogP contribution in [-0.2, 0) is 16.4 Å². The van der Waals surface area contributed by atoms with Crippen LogP contribution in [0.4, 0.5) is 0 Å². The minimum atomic E-state index is -3.36. The summed E-state index contributed by atoms with van der Waals surface area (Å²) in [6.07, 6.45) is 6.57. The van der Waals surface area contributed by atoms with Crippen LogP contribution < -0.4 is 4.80 Å². The fourth-order valence-electron chi connectivity index (χ4n) is 2.44. The molecular weight excluding hydrogens is 427 g/mol. The third kappa shape index (κ3) is 4.25. The van der Waals surface area contributed by atoms with Gasteiger partial charge in [0.05, 0.1) is 21.7 Å². The van der Waals surface area contributed by atoms with Crippen LogP contribution in [0.2, 0.25) is 10.0 Å². The zero-order valence-corrected chi connectivity index (χ0v) is 17.1. The average Bonchev–Trinajstić information content (AvgIpc) is 2.90. The molecule has 3 aromatic rings. The van der Waals surface area contributed by atoms with E-state index in [0.717, 1.165) is 6.26 Å². The quantitative estimate of drug-likeness (QED) is 0.584. The molecule has 138 valence electrons. The number of fused-ring (bicyclic) bond motifs is 1. The van der Waals surface area contributed by atoms with E-state index < -0.39 is 15.7 Å². The summed E-state index contributed by atoms with van der Waals surface area (Å²) < 4.78 is 25.9. The van der Waals surface area contributed by atoms with Crippen LogP contribution in [0.15, 0.2) is 46.3 Å². The molecule has 9 heteroatoms. The summed E-state index contributed by atoms with van der Waals surface area (Å²) in [7, 11) is -3.36. The molecule has 0 spiro atoms. The number of sulfone groups is 1. The molecular formula is C18H12Cl2N2O3S2. The van der Waals surface area contributed by atoms with Crippen molar-refractivity contribution >= 4 is 60.5 Å². The van der Waals surface area contributed by atoms with E-state index in [9.17, 15) is 13.2 Å². The van der Waals surface area contributed by atoms with Crippen LogP contribution in [0.1, 0.15) is 10.4 Å². The lowest BCUT2D eigenvalue weighted by Gasteiger charge is -2.02. The largest absolute Gasteiger partial charge is 0.305 e. The normalized spacial score (nSPS) is 12.3. The van der Waals surface area contributed by atoms with Crippen LogP contribution in [0.5, 0.6) is 0 Å². The lowest BCUT2D eigenvalue weighted by molar-refractivity contribution is 0.0998. The summed E-state index contributed by atoms with van der Waals surface area (Å²) in [6, 6.07) is 9.16. The first-order chi connectivity index (χ1) is 12.7. The van der Waals surface area contributed by atoms with Crippen LogP contribution in [-0.4, -0.2) is 25.1 Å². The Kier molecular flexibility index (Phi) is 5.45. The van der Waals surface area contributed by atoms with Gasteiger partial charge in [-0.25, -0.2) is 8.42 Å². The molecule has 0 radical (unpaired) electrons. The standard InChI is InChI=1S/C18H12Cl2N2O3S2/c1-3-6-22-15-5-4-14(27(2,24)25)10-16(15)26-18(22)21-17(23)11-7-12(19)9-13(20)8-11/h1,4-5,7-10H,6H2,2H3. The highest BCUT2D eigenvalue weighted by molar-refractivity contribution is 7.90. The van der Waals surface area contributed by atoms with E-state index in [4.69, 9.17) is 29.6 Å². The lowest BCUT2D eigenvalue weighted by atomic mass is 10.2. The molecule has 1 aromatic heterocycles. The summed E-state index contributed by atoms with van der Waals surface area (Å²) in [5, 5.41) is 0.651. The SMILES string of the molecule is C#CCn1c(=NC(=O)c2cc(Cl)cc(Cl)c2)sc2cc(S(C)(=O)=O)ccc21. The summed E-state index contributed by atoms with van der Waals surface area (Å²) in [5.41, 5.74) is 0.940. The number of rotatable bonds is 3. The number of carbonyl (C=O) groups is 1. The van der Waals surface area contributed by atoms with Gasteiger partial charge in [-0.2, -0.15) is 4.99 Å². The summed E-state index contributed by atoms with van der Waals surface area (Å²) in [4.78, 5) is 17.2. The van der Waals surface area contributed by atoms with Gasteiger partial charge >= 0.3 is 0 Å². The zero-order chi connectivity index (χ0) is 19.8. The molecule has 0 N–H and O–H groups in total. The van der Waals surface area contributed by atoms with Crippen molar-refractivity contribution in [2.24, 2.45) is 4.99 Å². The Morgan fingerprint density at radius 1 is 1.22 bits per heavy atom. The predicted molar refractivity (Wildman–Crippen MR) is 108 cm³/mol. The van der Waals surface area contributed by atoms with Crippen molar-refractivity contribution in [1.29, 1.82) is 0 Å². The Labute approximate surface area is 169 Å². The molecule has 0 aliphatic carbocycles. The highest BCUT2D eigenvalue weighted by Crippen LogP contribution is 2.23. The Balaban J connectivity index is 2.20. The molecule has 0 bridgehead atoms. The molecule has 0 saturated heterocycles. The smallest absolute Gasteiger partial charge is 0.279 e. The first-order valence-corrected chi connectivity index (χ1v) is 11.0. The van der Waals surface area contributed by atoms with E-state index in [2.05, 4.69) is 10.9 Å². The van der Waals surface area contributed by atoms with Gasteiger partial charge in [0.1, 0.15) is 0 Å². The second-order valence-electron chi connectivity index (χ2n) is 5.65. The number of carbonyl (C=O) groups excluding carboxylic acids is 1. The number of hydrogen-bond acceptors (Lipinski definition) is 4. The lowest BCUT2D eigenvalue weighted by Crippen LogP contribution is -2.16. The van der Waals surface area contributed by atoms with Gasteiger partial charge < -0.3 is 4.57 Å². The number of amides is 1. The van der Waals surface area contributed by atoms with Crippen molar-refractivity contribution in [2.75, 3.05) is 6.26 Å². The molecule has 0 aliphatic rings. The maximum atomic E-state index is 12.5. The molecule has 0 atom stereocenters. The molecule has 0 saturated carbocycles. The number of hydrogen-bond donors (Lipinski definition) is 0. The number of benzene rings is 2. The maximum Gasteiger partial charge on any atom is 0.279 e. The fourth-order valence-corrected chi connectivity index (χ4v) is 4.76. The number of halogens is 2. The van der Waals surface area contributed by atoms with E-state index in [1.54, 1.807) is 16.7 Å². The van der Waals surface area contributed by atoms with E-state index in [0.29, 0.717) is 25.1 Å². The number of thiazole rings is 1. The first kappa shape index (κ1) is 19.6. The highest BCUT2D eigenvalue weighted by Gasteiger charge is 2.13. The topological polar surface area (TPSA) is 68.5 Å². The minimum absolute atomic E-state index is 0.181. The van der Waals surface area contributed by atoms with Gasteiger partial charge in [-0.3, -0.25) is 4.79 Å². The molecule has 5 nitrogen and oxygen atoms in total. The van der Waals surface area contributed by atoms with Gasteiger partial charge in [0.2, 0.25) is 0 Å². The number of aromatic nitrogens is 1. The van der Waals surface area contributed by atoms with Crippen molar-refractivity contribution in [3.63, 3.8) is 0 Å². The summed E-state index contributed by atoms with van der Waals surface area (Å²) >= 11 is 13.1. The Bertz CT molecular complexity index is 1260. The second kappa shape index (κ2) is 7.49. The van der Waals surface area contributed by atoms with Crippen molar-refractivity contribution in [3.05, 3.63) is 56.8 Å². The molecule has 2 aromatic carbocycles. The Morgan fingerprint density at radius 3 is 2.48 bits per heavy atom. The van der Waals surface area contributed by atoms with Crippen LogP contribution >= 0.6 is 34.5 Å². The minimum Gasteiger partial charge on any atom is -0.305 e. The molecule has 0 unspecified atom stereocenters. The monoisotopic (exact) mass is 438 g/mol. The third-order valence-corrected chi connectivity index (χ3v) is 6.23. The molecule has 1 heterocycles. The molecule has 1 amide bonds. The first-order valence-electron chi connectivity index (χ1n) is 7.51. The fraction of sp³-hybridized carbons (Fsp3) is 0.111. The molecule has 3 rings (SSSR count). The van der Waals surface area contributed by atoms with E-state index >= 15 is 0 Å². The van der Waals surface area contributed by atoms with Crippen molar-refractivity contribution < 1.29 is 13.2 Å². The summed E-state index contributed by atoms with van der Waals surface area (Å²) in [6.45, 7) is 0.181. The molecule has 0 aliphatic heterocycles. The second-order valence-corrected chi connectivity index (χ2v) is 9.55. The average molecular weight is 439 g/mol. The van der Waals surface area contributed by atoms with Gasteiger partial charge in [-0.15, -0.1) is 6.42 Å². The van der Waals surface area contributed by atoms with Crippen LogP contribution in [0, 0.1) is 12.3 Å². The van der Waals surface area contributed by atoms with Crippen LogP contribution in [0.3, 0.4) is 0 Å². The highest BCUT2D eigenvalue weighted by atomic mass is 35.5. The maximum absolute atomic E-state index is 12.5. The van der Waals surface area contributed by atoms with Gasteiger partial charge in [-0.1, -0.05) is 40.5 Å². The van der Waals surface area contributed by atoms with Crippen molar-refractivity contribution in [2.45, 2.75) is 11.4 Å². The zero-order valence-electron chi connectivity index (χ0n) is 13.9. The van der Waals surface area contributed by atoms with Crippen molar-refractivity contribution in [3.8, 4) is 12.3 Å². The Morgan fingerprint density at radius 2 is 1.89 bits per heavy atom. The van der Waals surface area contributed by atoms with E-state index in [1.165, 1.54) is 35.6 Å². The summed E-state index contributed by atoms with van der Waals surface area (Å²) in [5.74, 6) is 1.99. The van der Waals surface area contributed by atoms with Crippen LogP contribution in [0.25, 0.3) is 10.2 Å². The number of terminal acetylenes is 1. The Hall–Kier alpha value is -2.11. The van der Waals surface area contributed by atoms with Gasteiger partial charge in [-0.05, 0) is 36.4 Å². The van der Waals surface area contributed by atoms with Gasteiger partial charge in [0.15, 0.2) is 14.6 Å². The van der Waals surface area contributed by atoms with Gasteiger partial charge in [0.25, 0.3) is 5.91 Å². The van der Waals surface area contributed by atoms with Crippen molar-refractivity contribution in [1.82, 2.24) is 4.57 Å². The third-order valence-electron chi connectivity index (χ3n) is 3.64. The molecule has 0 fully saturated rings. The van der Waals surface area contributed by atoms with E-state index in [-0.39, 0.29) is 17.0 Å².